The second kappa shape index (κ2) is 6.89. The summed E-state index contributed by atoms with van der Waals surface area (Å²) in [5, 5.41) is 6.64. The lowest BCUT2D eigenvalue weighted by Gasteiger charge is -2.20. The molecule has 5 heteroatoms. The van der Waals surface area contributed by atoms with Crippen molar-refractivity contribution in [3.05, 3.63) is 46.2 Å². The van der Waals surface area contributed by atoms with Gasteiger partial charge in [0, 0.05) is 23.1 Å². The molecule has 0 aliphatic rings. The Kier molecular flexibility index (Phi) is 5.17. The van der Waals surface area contributed by atoms with E-state index in [1.54, 1.807) is 6.33 Å². The predicted molar refractivity (Wildman–Crippen MR) is 91.8 cm³/mol. The Balaban J connectivity index is 2.28. The van der Waals surface area contributed by atoms with Gasteiger partial charge < -0.3 is 10.6 Å². The highest BCUT2D eigenvalue weighted by Gasteiger charge is 2.16. The monoisotopic (exact) mass is 348 g/mol. The molecule has 0 spiro atoms. The van der Waals surface area contributed by atoms with Crippen molar-refractivity contribution in [2.24, 2.45) is 0 Å². The maximum Gasteiger partial charge on any atom is 0.135 e. The Morgan fingerprint density at radius 1 is 1.00 bits per heavy atom. The molecule has 112 valence electrons. The SMILES string of the molecule is CNc1ncnc(NC(C)c2ccc(Br)cc2)c1C(C)C. The number of rotatable bonds is 5. The quantitative estimate of drug-likeness (QED) is 0.830. The van der Waals surface area contributed by atoms with Crippen molar-refractivity contribution < 1.29 is 0 Å². The summed E-state index contributed by atoms with van der Waals surface area (Å²) < 4.78 is 1.08. The van der Waals surface area contributed by atoms with Crippen LogP contribution in [0.15, 0.2) is 35.1 Å². The molecule has 2 N–H and O–H groups in total. The third kappa shape index (κ3) is 3.73. The summed E-state index contributed by atoms with van der Waals surface area (Å²) in [5.41, 5.74) is 2.33. The highest BCUT2D eigenvalue weighted by Crippen LogP contribution is 2.30. The number of hydrogen-bond donors (Lipinski definition) is 2. The average molecular weight is 349 g/mol. The molecule has 4 nitrogen and oxygen atoms in total. The summed E-state index contributed by atoms with van der Waals surface area (Å²) in [7, 11) is 1.89. The number of benzene rings is 1. The van der Waals surface area contributed by atoms with Gasteiger partial charge in [-0.2, -0.15) is 0 Å². The number of hydrogen-bond acceptors (Lipinski definition) is 4. The van der Waals surface area contributed by atoms with E-state index in [0.717, 1.165) is 21.7 Å². The van der Waals surface area contributed by atoms with Gasteiger partial charge in [-0.15, -0.1) is 0 Å². The lowest BCUT2D eigenvalue weighted by atomic mass is 10.0. The van der Waals surface area contributed by atoms with Crippen molar-refractivity contribution in [2.75, 3.05) is 17.7 Å². The molecule has 0 amide bonds. The summed E-state index contributed by atoms with van der Waals surface area (Å²) in [6, 6.07) is 8.50. The molecule has 0 fully saturated rings. The van der Waals surface area contributed by atoms with Crippen LogP contribution in [0.4, 0.5) is 11.6 Å². The van der Waals surface area contributed by atoms with E-state index in [9.17, 15) is 0 Å². The second-order valence-electron chi connectivity index (χ2n) is 5.31. The van der Waals surface area contributed by atoms with Crippen LogP contribution in [0.3, 0.4) is 0 Å². The van der Waals surface area contributed by atoms with E-state index in [1.807, 2.05) is 7.05 Å². The molecule has 1 atom stereocenters. The highest BCUT2D eigenvalue weighted by molar-refractivity contribution is 9.10. The second-order valence-corrected chi connectivity index (χ2v) is 6.22. The fourth-order valence-corrected chi connectivity index (χ4v) is 2.56. The molecule has 2 aromatic rings. The molecule has 0 saturated heterocycles. The number of nitrogens with zero attached hydrogens (tertiary/aromatic N) is 2. The largest absolute Gasteiger partial charge is 0.373 e. The van der Waals surface area contributed by atoms with Crippen LogP contribution in [0.5, 0.6) is 0 Å². The number of anilines is 2. The zero-order valence-electron chi connectivity index (χ0n) is 12.8. The standard InChI is InChI=1S/C16H21BrN4/c1-10(2)14-15(18-4)19-9-20-16(14)21-11(3)12-5-7-13(17)8-6-12/h5-11H,1-4H3,(H2,18,19,20,21). The van der Waals surface area contributed by atoms with Crippen LogP contribution in [-0.4, -0.2) is 17.0 Å². The van der Waals surface area contributed by atoms with Gasteiger partial charge in [0.2, 0.25) is 0 Å². The Hall–Kier alpha value is -1.62. The van der Waals surface area contributed by atoms with Crippen LogP contribution in [0, 0.1) is 0 Å². The Labute approximate surface area is 134 Å². The number of halogens is 1. The van der Waals surface area contributed by atoms with Crippen molar-refractivity contribution in [3.8, 4) is 0 Å². The third-order valence-electron chi connectivity index (χ3n) is 3.42. The number of nitrogens with one attached hydrogen (secondary N) is 2. The van der Waals surface area contributed by atoms with Crippen molar-refractivity contribution in [2.45, 2.75) is 32.7 Å². The molecule has 0 saturated carbocycles. The van der Waals surface area contributed by atoms with E-state index in [4.69, 9.17) is 0 Å². The summed E-state index contributed by atoms with van der Waals surface area (Å²) in [6.45, 7) is 6.43. The first kappa shape index (κ1) is 15.8. The minimum absolute atomic E-state index is 0.176. The molecule has 1 heterocycles. The molecular weight excluding hydrogens is 328 g/mol. The summed E-state index contributed by atoms with van der Waals surface area (Å²) in [4.78, 5) is 8.72. The minimum atomic E-state index is 0.176. The van der Waals surface area contributed by atoms with E-state index < -0.39 is 0 Å². The van der Waals surface area contributed by atoms with Crippen LogP contribution in [0.2, 0.25) is 0 Å². The van der Waals surface area contributed by atoms with Gasteiger partial charge >= 0.3 is 0 Å². The van der Waals surface area contributed by atoms with Crippen molar-refractivity contribution >= 4 is 27.6 Å². The predicted octanol–water partition coefficient (Wildman–Crippen LogP) is 4.58. The highest BCUT2D eigenvalue weighted by atomic mass is 79.9. The Morgan fingerprint density at radius 2 is 1.62 bits per heavy atom. The van der Waals surface area contributed by atoms with Crippen molar-refractivity contribution in [1.82, 2.24) is 9.97 Å². The zero-order chi connectivity index (χ0) is 15.4. The molecule has 21 heavy (non-hydrogen) atoms. The first-order valence-electron chi connectivity index (χ1n) is 7.07. The normalized spacial score (nSPS) is 12.3. The van der Waals surface area contributed by atoms with Gasteiger partial charge in [-0.25, -0.2) is 9.97 Å². The van der Waals surface area contributed by atoms with Gasteiger partial charge in [-0.1, -0.05) is 41.9 Å². The summed E-state index contributed by atoms with van der Waals surface area (Å²) in [5.74, 6) is 2.11. The minimum Gasteiger partial charge on any atom is -0.373 e. The Bertz CT molecular complexity index is 596. The van der Waals surface area contributed by atoms with Gasteiger partial charge in [0.25, 0.3) is 0 Å². The summed E-state index contributed by atoms with van der Waals surface area (Å²) in [6.07, 6.45) is 1.59. The average Bonchev–Trinajstić information content (AvgIpc) is 2.47. The van der Waals surface area contributed by atoms with Crippen LogP contribution in [0.25, 0.3) is 0 Å². The summed E-state index contributed by atoms with van der Waals surface area (Å²) >= 11 is 3.46. The first-order chi connectivity index (χ1) is 10.0. The van der Waals surface area contributed by atoms with Crippen molar-refractivity contribution in [3.63, 3.8) is 0 Å². The van der Waals surface area contributed by atoms with E-state index >= 15 is 0 Å². The maximum absolute atomic E-state index is 4.42. The topological polar surface area (TPSA) is 49.8 Å². The van der Waals surface area contributed by atoms with E-state index in [2.05, 4.69) is 81.6 Å². The molecule has 1 unspecified atom stereocenters. The molecule has 0 aliphatic heterocycles. The third-order valence-corrected chi connectivity index (χ3v) is 3.95. The maximum atomic E-state index is 4.42. The van der Waals surface area contributed by atoms with E-state index in [1.165, 1.54) is 5.56 Å². The molecule has 0 aliphatic carbocycles. The molecule has 2 rings (SSSR count). The fraction of sp³-hybridized carbons (Fsp3) is 0.375. The van der Waals surface area contributed by atoms with Crippen LogP contribution in [-0.2, 0) is 0 Å². The Morgan fingerprint density at radius 3 is 2.19 bits per heavy atom. The molecular formula is C16H21BrN4. The van der Waals surface area contributed by atoms with E-state index in [0.29, 0.717) is 5.92 Å². The smallest absolute Gasteiger partial charge is 0.135 e. The van der Waals surface area contributed by atoms with Crippen LogP contribution < -0.4 is 10.6 Å². The van der Waals surface area contributed by atoms with Crippen LogP contribution in [0.1, 0.15) is 43.9 Å². The zero-order valence-corrected chi connectivity index (χ0v) is 14.4. The molecule has 0 bridgehead atoms. The van der Waals surface area contributed by atoms with Crippen molar-refractivity contribution in [1.29, 1.82) is 0 Å². The van der Waals surface area contributed by atoms with E-state index in [-0.39, 0.29) is 6.04 Å². The molecule has 1 aromatic carbocycles. The first-order valence-corrected chi connectivity index (χ1v) is 7.87. The fourth-order valence-electron chi connectivity index (χ4n) is 2.30. The van der Waals surface area contributed by atoms with Gasteiger partial charge in [0.05, 0.1) is 0 Å². The van der Waals surface area contributed by atoms with Crippen LogP contribution >= 0.6 is 15.9 Å². The molecule has 0 radical (unpaired) electrons. The molecule has 1 aromatic heterocycles. The number of aromatic nitrogens is 2. The lowest BCUT2D eigenvalue weighted by molar-refractivity contribution is 0.820. The van der Waals surface area contributed by atoms with Gasteiger partial charge in [0.1, 0.15) is 18.0 Å². The van der Waals surface area contributed by atoms with Gasteiger partial charge in [-0.3, -0.25) is 0 Å². The van der Waals surface area contributed by atoms with Gasteiger partial charge in [0.15, 0.2) is 0 Å². The lowest BCUT2D eigenvalue weighted by Crippen LogP contribution is -2.13. The van der Waals surface area contributed by atoms with Gasteiger partial charge in [-0.05, 0) is 30.5 Å².